The third-order valence-electron chi connectivity index (χ3n) is 7.32. The molecule has 4 nitrogen and oxygen atoms in total. The van der Waals surface area contributed by atoms with E-state index in [-0.39, 0.29) is 11.7 Å². The molecule has 0 bridgehead atoms. The van der Waals surface area contributed by atoms with Crippen molar-refractivity contribution in [3.63, 3.8) is 0 Å². The Morgan fingerprint density at radius 1 is 0.771 bits per heavy atom. The van der Waals surface area contributed by atoms with Gasteiger partial charge in [0.2, 0.25) is 0 Å². The maximum Gasteiger partial charge on any atom is 0.338 e. The number of hydrogen-bond acceptors (Lipinski definition) is 4. The minimum Gasteiger partial charge on any atom is -0.508 e. The standard InChI is InChI=1S/C31H55NO3/c1-5-9-17-27(7-3)25-32(26-28(8-4)18-10-6-2)23-15-13-11-12-14-16-24-35-31(34)29-19-21-30(33)22-20-29/h19-22,27-28,33H,5-18,23-26H2,1-4H3. The highest BCUT2D eigenvalue weighted by Crippen LogP contribution is 2.20. The zero-order chi connectivity index (χ0) is 25.7. The van der Waals surface area contributed by atoms with E-state index in [2.05, 4.69) is 32.6 Å². The van der Waals surface area contributed by atoms with Crippen molar-refractivity contribution in [1.29, 1.82) is 0 Å². The van der Waals surface area contributed by atoms with Gasteiger partial charge >= 0.3 is 5.97 Å². The van der Waals surface area contributed by atoms with E-state index < -0.39 is 0 Å². The smallest absolute Gasteiger partial charge is 0.338 e. The van der Waals surface area contributed by atoms with Crippen molar-refractivity contribution in [2.24, 2.45) is 11.8 Å². The molecule has 1 aromatic rings. The Hall–Kier alpha value is -1.55. The molecular formula is C31H55NO3. The van der Waals surface area contributed by atoms with E-state index in [0.29, 0.717) is 12.2 Å². The maximum atomic E-state index is 12.0. The van der Waals surface area contributed by atoms with Crippen molar-refractivity contribution < 1.29 is 14.6 Å². The van der Waals surface area contributed by atoms with Crippen molar-refractivity contribution >= 4 is 5.97 Å². The molecule has 0 fully saturated rings. The second-order valence-electron chi connectivity index (χ2n) is 10.4. The molecule has 0 radical (unpaired) electrons. The topological polar surface area (TPSA) is 49.8 Å². The van der Waals surface area contributed by atoms with Gasteiger partial charge in [-0.1, -0.05) is 91.9 Å². The monoisotopic (exact) mass is 489 g/mol. The zero-order valence-electron chi connectivity index (χ0n) is 23.4. The molecule has 1 N–H and O–H groups in total. The summed E-state index contributed by atoms with van der Waals surface area (Å²) in [4.78, 5) is 14.8. The van der Waals surface area contributed by atoms with Gasteiger partial charge in [0.1, 0.15) is 5.75 Å². The van der Waals surface area contributed by atoms with E-state index in [4.69, 9.17) is 4.74 Å². The molecule has 0 heterocycles. The van der Waals surface area contributed by atoms with Crippen molar-refractivity contribution in [2.75, 3.05) is 26.2 Å². The third kappa shape index (κ3) is 15.2. The maximum absolute atomic E-state index is 12.0. The Balaban J connectivity index is 2.27. The fourth-order valence-electron chi connectivity index (χ4n) is 4.81. The molecule has 35 heavy (non-hydrogen) atoms. The molecule has 2 atom stereocenters. The number of nitrogens with zero attached hydrogens (tertiary/aromatic N) is 1. The molecule has 0 aromatic heterocycles. The van der Waals surface area contributed by atoms with E-state index >= 15 is 0 Å². The number of carbonyl (C=O) groups excluding carboxylic acids is 1. The minimum absolute atomic E-state index is 0.160. The second kappa shape index (κ2) is 20.6. The first kappa shape index (κ1) is 31.5. The van der Waals surface area contributed by atoms with E-state index in [9.17, 15) is 9.90 Å². The lowest BCUT2D eigenvalue weighted by molar-refractivity contribution is 0.0497. The lowest BCUT2D eigenvalue weighted by atomic mass is 9.95. The molecule has 0 aliphatic heterocycles. The van der Waals surface area contributed by atoms with E-state index in [1.165, 1.54) is 109 Å². The summed E-state index contributed by atoms with van der Waals surface area (Å²) >= 11 is 0. The van der Waals surface area contributed by atoms with Crippen LogP contribution >= 0.6 is 0 Å². The number of rotatable bonds is 22. The molecule has 1 aromatic carbocycles. The van der Waals surface area contributed by atoms with Crippen LogP contribution in [0.2, 0.25) is 0 Å². The summed E-state index contributed by atoms with van der Waals surface area (Å²) in [6.45, 7) is 13.6. The minimum atomic E-state index is -0.307. The van der Waals surface area contributed by atoms with E-state index in [1.54, 1.807) is 12.1 Å². The number of aromatic hydroxyl groups is 1. The van der Waals surface area contributed by atoms with Crippen LogP contribution in [-0.4, -0.2) is 42.2 Å². The Morgan fingerprint density at radius 3 is 1.80 bits per heavy atom. The van der Waals surface area contributed by atoms with Gasteiger partial charge in [-0.05, 0) is 68.3 Å². The van der Waals surface area contributed by atoms with Crippen LogP contribution in [0.5, 0.6) is 5.75 Å². The first-order chi connectivity index (χ1) is 17.0. The van der Waals surface area contributed by atoms with Crippen molar-refractivity contribution in [2.45, 2.75) is 118 Å². The molecular weight excluding hydrogens is 434 g/mol. The highest BCUT2D eigenvalue weighted by atomic mass is 16.5. The average molecular weight is 490 g/mol. The van der Waals surface area contributed by atoms with Crippen LogP contribution in [0.25, 0.3) is 0 Å². The quantitative estimate of drug-likeness (QED) is 0.131. The van der Waals surface area contributed by atoms with Gasteiger partial charge in [0, 0.05) is 13.1 Å². The van der Waals surface area contributed by atoms with Gasteiger partial charge < -0.3 is 14.7 Å². The normalized spacial score (nSPS) is 13.2. The molecule has 202 valence electrons. The van der Waals surface area contributed by atoms with Crippen LogP contribution in [0.15, 0.2) is 24.3 Å². The van der Waals surface area contributed by atoms with Gasteiger partial charge in [-0.2, -0.15) is 0 Å². The van der Waals surface area contributed by atoms with Crippen molar-refractivity contribution in [3.05, 3.63) is 29.8 Å². The summed E-state index contributed by atoms with van der Waals surface area (Å²) in [6.07, 6.45) is 17.8. The summed E-state index contributed by atoms with van der Waals surface area (Å²) in [7, 11) is 0. The first-order valence-electron chi connectivity index (χ1n) is 14.7. The first-order valence-corrected chi connectivity index (χ1v) is 14.7. The third-order valence-corrected chi connectivity index (χ3v) is 7.32. The number of hydrogen-bond donors (Lipinski definition) is 1. The Labute approximate surface area is 216 Å². The lowest BCUT2D eigenvalue weighted by Crippen LogP contribution is -2.35. The Kier molecular flexibility index (Phi) is 18.5. The molecule has 2 unspecified atom stereocenters. The Morgan fingerprint density at radius 2 is 1.29 bits per heavy atom. The molecule has 0 amide bonds. The SMILES string of the molecule is CCCCC(CC)CN(CCCCCCCCOC(=O)c1ccc(O)cc1)CC(CC)CCCC. The predicted octanol–water partition coefficient (Wildman–Crippen LogP) is 8.62. The van der Waals surface area contributed by atoms with Crippen LogP contribution < -0.4 is 0 Å². The van der Waals surface area contributed by atoms with Gasteiger partial charge in [0.05, 0.1) is 12.2 Å². The van der Waals surface area contributed by atoms with Gasteiger partial charge in [-0.15, -0.1) is 0 Å². The van der Waals surface area contributed by atoms with Gasteiger partial charge in [-0.25, -0.2) is 4.79 Å². The van der Waals surface area contributed by atoms with Crippen molar-refractivity contribution in [1.82, 2.24) is 4.90 Å². The molecule has 1 rings (SSSR count). The largest absolute Gasteiger partial charge is 0.508 e. The fraction of sp³-hybridized carbons (Fsp3) is 0.774. The zero-order valence-corrected chi connectivity index (χ0v) is 23.4. The summed E-state index contributed by atoms with van der Waals surface area (Å²) < 4.78 is 5.35. The fourth-order valence-corrected chi connectivity index (χ4v) is 4.81. The second-order valence-corrected chi connectivity index (χ2v) is 10.4. The number of esters is 1. The predicted molar refractivity (Wildman–Crippen MR) is 149 cm³/mol. The van der Waals surface area contributed by atoms with Gasteiger partial charge in [0.25, 0.3) is 0 Å². The molecule has 0 spiro atoms. The average Bonchev–Trinajstić information content (AvgIpc) is 2.87. The number of benzene rings is 1. The number of phenols is 1. The van der Waals surface area contributed by atoms with Crippen LogP contribution in [-0.2, 0) is 4.74 Å². The number of phenolic OH excluding ortho intramolecular Hbond substituents is 1. The number of ether oxygens (including phenoxy) is 1. The summed E-state index contributed by atoms with van der Waals surface area (Å²) in [5.41, 5.74) is 0.493. The van der Waals surface area contributed by atoms with E-state index in [1.807, 2.05) is 0 Å². The molecule has 0 saturated heterocycles. The highest BCUT2D eigenvalue weighted by Gasteiger charge is 2.16. The van der Waals surface area contributed by atoms with E-state index in [0.717, 1.165) is 24.7 Å². The lowest BCUT2D eigenvalue weighted by Gasteiger charge is -2.30. The summed E-state index contributed by atoms with van der Waals surface area (Å²) in [5.74, 6) is 1.55. The molecule has 0 saturated carbocycles. The summed E-state index contributed by atoms with van der Waals surface area (Å²) in [6, 6.07) is 6.22. The van der Waals surface area contributed by atoms with Crippen LogP contribution in [0.3, 0.4) is 0 Å². The van der Waals surface area contributed by atoms with Gasteiger partial charge in [0.15, 0.2) is 0 Å². The van der Waals surface area contributed by atoms with Gasteiger partial charge in [-0.3, -0.25) is 0 Å². The highest BCUT2D eigenvalue weighted by molar-refractivity contribution is 5.89. The van der Waals surface area contributed by atoms with Crippen LogP contribution in [0, 0.1) is 11.8 Å². The van der Waals surface area contributed by atoms with Crippen LogP contribution in [0.1, 0.15) is 128 Å². The number of unbranched alkanes of at least 4 members (excludes halogenated alkanes) is 7. The molecule has 4 heteroatoms. The molecule has 0 aliphatic carbocycles. The van der Waals surface area contributed by atoms with Crippen molar-refractivity contribution in [3.8, 4) is 5.75 Å². The number of carbonyl (C=O) groups is 1. The summed E-state index contributed by atoms with van der Waals surface area (Å²) in [5, 5.41) is 9.31. The Bertz CT molecular complexity index is 613. The molecule has 0 aliphatic rings. The van der Waals surface area contributed by atoms with Crippen LogP contribution in [0.4, 0.5) is 0 Å².